The summed E-state index contributed by atoms with van der Waals surface area (Å²) >= 11 is 0. The minimum atomic E-state index is -2.93. The summed E-state index contributed by atoms with van der Waals surface area (Å²) in [5, 5.41) is 10.5. The van der Waals surface area contributed by atoms with Crippen LogP contribution in [0.3, 0.4) is 0 Å². The van der Waals surface area contributed by atoms with Gasteiger partial charge in [-0.2, -0.15) is 8.78 Å². The highest BCUT2D eigenvalue weighted by Crippen LogP contribution is 2.43. The van der Waals surface area contributed by atoms with Crippen molar-refractivity contribution in [2.45, 2.75) is 19.1 Å². The van der Waals surface area contributed by atoms with Crippen LogP contribution in [0.2, 0.25) is 0 Å². The number of para-hydroxylation sites is 1. The number of nitrogens with two attached hydrogens (primary N) is 1. The molecule has 1 fully saturated rings. The fourth-order valence-electron chi connectivity index (χ4n) is 2.35. The van der Waals surface area contributed by atoms with Crippen LogP contribution in [-0.4, -0.2) is 31.5 Å². The van der Waals surface area contributed by atoms with E-state index in [-0.39, 0.29) is 12.3 Å². The van der Waals surface area contributed by atoms with Crippen molar-refractivity contribution in [2.75, 3.05) is 19.8 Å². The summed E-state index contributed by atoms with van der Waals surface area (Å²) in [5.41, 5.74) is 5.41. The lowest BCUT2D eigenvalue weighted by atomic mass is 9.78. The van der Waals surface area contributed by atoms with Crippen molar-refractivity contribution in [1.82, 2.24) is 0 Å². The zero-order valence-corrected chi connectivity index (χ0v) is 10.4. The van der Waals surface area contributed by atoms with Crippen molar-refractivity contribution < 1.29 is 23.4 Å². The number of benzene rings is 1. The zero-order valence-electron chi connectivity index (χ0n) is 10.4. The monoisotopic (exact) mass is 273 g/mol. The molecule has 0 spiro atoms. The van der Waals surface area contributed by atoms with Gasteiger partial charge in [0.25, 0.3) is 0 Å². The highest BCUT2D eigenvalue weighted by molar-refractivity contribution is 5.36. The van der Waals surface area contributed by atoms with Gasteiger partial charge in [-0.3, -0.25) is 0 Å². The van der Waals surface area contributed by atoms with Crippen molar-refractivity contribution in [3.8, 4) is 5.75 Å². The lowest BCUT2D eigenvalue weighted by Gasteiger charge is -2.32. The van der Waals surface area contributed by atoms with Crippen LogP contribution in [0.15, 0.2) is 24.3 Å². The molecule has 1 aliphatic heterocycles. The van der Waals surface area contributed by atoms with Crippen LogP contribution in [0.5, 0.6) is 5.75 Å². The molecule has 1 heterocycles. The Morgan fingerprint density at radius 1 is 1.42 bits per heavy atom. The molecule has 0 saturated carbocycles. The average molecular weight is 273 g/mol. The first-order chi connectivity index (χ1) is 9.09. The molecule has 0 aliphatic carbocycles. The van der Waals surface area contributed by atoms with Crippen molar-refractivity contribution in [2.24, 2.45) is 11.1 Å². The van der Waals surface area contributed by atoms with E-state index in [1.165, 1.54) is 6.07 Å². The molecule has 6 heteroatoms. The number of hydrogen-bond donors (Lipinski definition) is 2. The second-order valence-corrected chi connectivity index (χ2v) is 4.69. The third-order valence-corrected chi connectivity index (χ3v) is 3.55. The van der Waals surface area contributed by atoms with Crippen molar-refractivity contribution in [3.05, 3.63) is 29.8 Å². The quantitative estimate of drug-likeness (QED) is 0.857. The second-order valence-electron chi connectivity index (χ2n) is 4.69. The van der Waals surface area contributed by atoms with E-state index in [9.17, 15) is 13.9 Å². The molecule has 0 amide bonds. The molecule has 1 aromatic carbocycles. The highest BCUT2D eigenvalue weighted by atomic mass is 19.3. The van der Waals surface area contributed by atoms with Gasteiger partial charge < -0.3 is 20.3 Å². The fraction of sp³-hybridized carbons (Fsp3) is 0.538. The molecule has 0 aromatic heterocycles. The maximum absolute atomic E-state index is 12.4. The van der Waals surface area contributed by atoms with E-state index in [1.54, 1.807) is 18.2 Å². The zero-order chi connectivity index (χ0) is 13.9. The van der Waals surface area contributed by atoms with E-state index in [2.05, 4.69) is 4.74 Å². The van der Waals surface area contributed by atoms with Crippen molar-refractivity contribution >= 4 is 0 Å². The van der Waals surface area contributed by atoms with E-state index >= 15 is 0 Å². The number of alkyl halides is 2. The second kappa shape index (κ2) is 5.81. The highest BCUT2D eigenvalue weighted by Gasteiger charge is 2.42. The third-order valence-electron chi connectivity index (χ3n) is 3.55. The van der Waals surface area contributed by atoms with Crippen LogP contribution >= 0.6 is 0 Å². The largest absolute Gasteiger partial charge is 0.434 e. The minimum absolute atomic E-state index is 0.0234. The molecule has 1 aromatic rings. The SMILES string of the molecule is NCC1(C(O)c2ccccc2OC(F)F)CCOC1. The Labute approximate surface area is 110 Å². The summed E-state index contributed by atoms with van der Waals surface area (Å²) in [7, 11) is 0. The number of aliphatic hydroxyl groups excluding tert-OH is 1. The summed E-state index contributed by atoms with van der Waals surface area (Å²) in [4.78, 5) is 0. The minimum Gasteiger partial charge on any atom is -0.434 e. The van der Waals surface area contributed by atoms with Gasteiger partial charge in [0, 0.05) is 24.1 Å². The maximum atomic E-state index is 12.4. The first-order valence-corrected chi connectivity index (χ1v) is 6.09. The summed E-state index contributed by atoms with van der Waals surface area (Å²) in [6.07, 6.45) is -0.400. The Balaban J connectivity index is 2.29. The van der Waals surface area contributed by atoms with E-state index in [4.69, 9.17) is 10.5 Å². The molecule has 4 nitrogen and oxygen atoms in total. The summed E-state index contributed by atoms with van der Waals surface area (Å²) in [5.74, 6) is -0.0234. The van der Waals surface area contributed by atoms with Gasteiger partial charge in [0.2, 0.25) is 0 Å². The smallest absolute Gasteiger partial charge is 0.387 e. The average Bonchev–Trinajstić information content (AvgIpc) is 2.88. The third kappa shape index (κ3) is 2.86. The number of rotatable bonds is 5. The lowest BCUT2D eigenvalue weighted by Crippen LogP contribution is -2.37. The van der Waals surface area contributed by atoms with E-state index in [0.29, 0.717) is 25.2 Å². The molecule has 106 valence electrons. The van der Waals surface area contributed by atoms with Gasteiger partial charge in [-0.25, -0.2) is 0 Å². The molecule has 3 N–H and O–H groups in total. The van der Waals surface area contributed by atoms with Crippen LogP contribution < -0.4 is 10.5 Å². The number of aliphatic hydroxyl groups is 1. The Bertz CT molecular complexity index is 422. The predicted molar refractivity (Wildman–Crippen MR) is 65.0 cm³/mol. The fourth-order valence-corrected chi connectivity index (χ4v) is 2.35. The van der Waals surface area contributed by atoms with Crippen LogP contribution in [0.4, 0.5) is 8.78 Å². The van der Waals surface area contributed by atoms with Crippen LogP contribution in [0.1, 0.15) is 18.1 Å². The Morgan fingerprint density at radius 2 is 2.16 bits per heavy atom. The Kier molecular flexibility index (Phi) is 4.34. The molecule has 19 heavy (non-hydrogen) atoms. The number of ether oxygens (including phenoxy) is 2. The van der Waals surface area contributed by atoms with Crippen molar-refractivity contribution in [3.63, 3.8) is 0 Å². The van der Waals surface area contributed by atoms with Gasteiger partial charge in [-0.1, -0.05) is 18.2 Å². The van der Waals surface area contributed by atoms with Crippen LogP contribution in [0.25, 0.3) is 0 Å². The van der Waals surface area contributed by atoms with E-state index in [1.807, 2.05) is 0 Å². The molecular formula is C13H17F2NO3. The van der Waals surface area contributed by atoms with Gasteiger partial charge in [0.1, 0.15) is 5.75 Å². The Hall–Kier alpha value is -1.24. The molecular weight excluding hydrogens is 256 g/mol. The normalized spacial score (nSPS) is 24.7. The molecule has 0 bridgehead atoms. The summed E-state index contributed by atoms with van der Waals surface area (Å²) in [6, 6.07) is 6.22. The van der Waals surface area contributed by atoms with E-state index in [0.717, 1.165) is 0 Å². The topological polar surface area (TPSA) is 64.7 Å². The molecule has 1 aliphatic rings. The van der Waals surface area contributed by atoms with Gasteiger partial charge in [-0.05, 0) is 12.5 Å². The van der Waals surface area contributed by atoms with Gasteiger partial charge >= 0.3 is 6.61 Å². The number of hydrogen-bond acceptors (Lipinski definition) is 4. The lowest BCUT2D eigenvalue weighted by molar-refractivity contribution is -0.0541. The molecule has 2 unspecified atom stereocenters. The molecule has 2 atom stereocenters. The molecule has 1 saturated heterocycles. The van der Waals surface area contributed by atoms with Crippen molar-refractivity contribution in [1.29, 1.82) is 0 Å². The maximum Gasteiger partial charge on any atom is 0.387 e. The predicted octanol–water partition coefficient (Wildman–Crippen LogP) is 1.69. The first kappa shape index (κ1) is 14.2. The van der Waals surface area contributed by atoms with Gasteiger partial charge in [-0.15, -0.1) is 0 Å². The summed E-state index contributed by atoms with van der Waals surface area (Å²) < 4.78 is 34.5. The number of halogens is 2. The van der Waals surface area contributed by atoms with Crippen LogP contribution in [0, 0.1) is 5.41 Å². The van der Waals surface area contributed by atoms with Gasteiger partial charge in [0.05, 0.1) is 12.7 Å². The first-order valence-electron chi connectivity index (χ1n) is 6.09. The molecule has 2 rings (SSSR count). The van der Waals surface area contributed by atoms with Gasteiger partial charge in [0.15, 0.2) is 0 Å². The molecule has 0 radical (unpaired) electrons. The van der Waals surface area contributed by atoms with Crippen LogP contribution in [-0.2, 0) is 4.74 Å². The van der Waals surface area contributed by atoms with E-state index < -0.39 is 18.1 Å². The Morgan fingerprint density at radius 3 is 2.74 bits per heavy atom. The standard InChI is InChI=1S/C13H17F2NO3/c14-12(15)19-10-4-2-1-3-9(10)11(17)13(7-16)5-6-18-8-13/h1-4,11-12,17H,5-8,16H2. The summed E-state index contributed by atoms with van der Waals surface area (Å²) in [6.45, 7) is -1.89.